The zero-order chi connectivity index (χ0) is 23.8. The van der Waals surface area contributed by atoms with Gasteiger partial charge in [0.05, 0.1) is 12.6 Å². The highest BCUT2D eigenvalue weighted by Crippen LogP contribution is 2.35. The van der Waals surface area contributed by atoms with E-state index in [0.717, 1.165) is 16.9 Å². The fraction of sp³-hybridized carbons (Fsp3) is 0.429. The van der Waals surface area contributed by atoms with Crippen molar-refractivity contribution < 1.29 is 23.1 Å². The number of aliphatic hydroxyl groups excluding tert-OH is 1. The zero-order valence-corrected chi connectivity index (χ0v) is 18.5. The van der Waals surface area contributed by atoms with Crippen LogP contribution in [-0.2, 0) is 17.5 Å². The third kappa shape index (κ3) is 4.58. The first kappa shape index (κ1) is 23.2. The minimum atomic E-state index is -4.88. The number of aromatic nitrogens is 3. The molecule has 2 aromatic heterocycles. The van der Waals surface area contributed by atoms with Crippen LogP contribution in [0.1, 0.15) is 37.2 Å². The van der Waals surface area contributed by atoms with E-state index in [1.165, 1.54) is 6.92 Å². The Labute approximate surface area is 190 Å². The second kappa shape index (κ2) is 9.10. The number of benzene rings is 1. The quantitative estimate of drug-likeness (QED) is 0.562. The molecule has 176 valence electrons. The number of amides is 1. The van der Waals surface area contributed by atoms with Gasteiger partial charge in [0.2, 0.25) is 11.7 Å². The fourth-order valence-corrected chi connectivity index (χ4v) is 4.87. The number of hydrogen-bond acceptors (Lipinski definition) is 7. The Morgan fingerprint density at radius 1 is 1.30 bits per heavy atom. The lowest BCUT2D eigenvalue weighted by molar-refractivity contribution is -0.148. The monoisotopic (exact) mass is 481 g/mol. The lowest BCUT2D eigenvalue weighted by atomic mass is 10.2. The van der Waals surface area contributed by atoms with Gasteiger partial charge in [-0.05, 0) is 25.3 Å². The molecule has 1 aromatic carbocycles. The summed E-state index contributed by atoms with van der Waals surface area (Å²) in [5.41, 5.74) is -0.239. The first-order valence-electron chi connectivity index (χ1n) is 10.4. The van der Waals surface area contributed by atoms with Crippen LogP contribution in [-0.4, -0.2) is 44.7 Å². The van der Waals surface area contributed by atoms with Crippen molar-refractivity contribution in [2.45, 2.75) is 44.6 Å². The number of hydrogen-bond donors (Lipinski definition) is 2. The molecule has 3 heterocycles. The highest BCUT2D eigenvalue weighted by Gasteiger charge is 2.40. The van der Waals surface area contributed by atoms with E-state index in [4.69, 9.17) is 0 Å². The molecule has 4 rings (SSSR count). The molecule has 33 heavy (non-hydrogen) atoms. The Morgan fingerprint density at radius 3 is 2.70 bits per heavy atom. The zero-order valence-electron chi connectivity index (χ0n) is 17.7. The van der Waals surface area contributed by atoms with Crippen molar-refractivity contribution >= 4 is 32.7 Å². The molecule has 1 amide bonds. The average Bonchev–Trinajstić information content (AvgIpc) is 3.44. The van der Waals surface area contributed by atoms with Gasteiger partial charge >= 0.3 is 6.18 Å². The van der Waals surface area contributed by atoms with Crippen molar-refractivity contribution in [1.82, 2.24) is 19.9 Å². The smallest absolute Gasteiger partial charge is 0.394 e. The third-order valence-corrected chi connectivity index (χ3v) is 6.51. The summed E-state index contributed by atoms with van der Waals surface area (Å²) >= 11 is 0.850. The van der Waals surface area contributed by atoms with E-state index in [1.807, 2.05) is 30.3 Å². The molecule has 8 nitrogen and oxygen atoms in total. The van der Waals surface area contributed by atoms with Gasteiger partial charge in [0, 0.05) is 13.1 Å². The van der Waals surface area contributed by atoms with Gasteiger partial charge in [-0.25, -0.2) is 9.97 Å². The van der Waals surface area contributed by atoms with Crippen LogP contribution in [0.2, 0.25) is 0 Å². The minimum Gasteiger partial charge on any atom is -0.394 e. The van der Waals surface area contributed by atoms with Crippen LogP contribution < -0.4 is 15.8 Å². The SMILES string of the molecule is C[C@H](CO)n1c(C(F)(F)F)nc2sc(N3CCCC3C(=O)NCc3ccccc3)nc2c1=O. The molecule has 0 bridgehead atoms. The van der Waals surface area contributed by atoms with Gasteiger partial charge in [-0.2, -0.15) is 13.2 Å². The third-order valence-electron chi connectivity index (χ3n) is 5.52. The highest BCUT2D eigenvalue weighted by molar-refractivity contribution is 7.21. The van der Waals surface area contributed by atoms with Gasteiger partial charge < -0.3 is 15.3 Å². The summed E-state index contributed by atoms with van der Waals surface area (Å²) in [6, 6.07) is 7.73. The minimum absolute atomic E-state index is 0.154. The lowest BCUT2D eigenvalue weighted by Gasteiger charge is -2.23. The number of nitrogens with zero attached hydrogens (tertiary/aromatic N) is 4. The second-order valence-corrected chi connectivity index (χ2v) is 8.80. The van der Waals surface area contributed by atoms with Crippen LogP contribution in [0.15, 0.2) is 35.1 Å². The van der Waals surface area contributed by atoms with E-state index in [1.54, 1.807) is 4.90 Å². The molecule has 1 aliphatic heterocycles. The number of carbonyl (C=O) groups excluding carboxylic acids is 1. The van der Waals surface area contributed by atoms with Crippen LogP contribution in [0.4, 0.5) is 18.3 Å². The number of nitrogens with one attached hydrogen (secondary N) is 1. The maximum absolute atomic E-state index is 13.6. The lowest BCUT2D eigenvalue weighted by Crippen LogP contribution is -2.43. The molecule has 0 saturated carbocycles. The van der Waals surface area contributed by atoms with Gasteiger partial charge in [-0.15, -0.1) is 0 Å². The van der Waals surface area contributed by atoms with E-state index in [-0.39, 0.29) is 21.4 Å². The standard InChI is InChI=1S/C21H22F3N5O3S/c1-12(11-30)29-18(32)15-17(27-19(29)21(22,23)24)33-20(26-15)28-9-5-8-14(28)16(31)25-10-13-6-3-2-4-7-13/h2-4,6-7,12,14,30H,5,8-11H2,1H3,(H,25,31)/t12-,14?/m1/s1. The summed E-state index contributed by atoms with van der Waals surface area (Å²) in [5.74, 6) is -1.60. The summed E-state index contributed by atoms with van der Waals surface area (Å²) in [7, 11) is 0. The van der Waals surface area contributed by atoms with E-state index in [9.17, 15) is 27.9 Å². The van der Waals surface area contributed by atoms with Gasteiger partial charge in [-0.1, -0.05) is 41.7 Å². The van der Waals surface area contributed by atoms with Crippen molar-refractivity contribution in [3.05, 3.63) is 52.1 Å². The number of rotatable bonds is 6. The van der Waals surface area contributed by atoms with Crippen molar-refractivity contribution in [3.8, 4) is 0 Å². The number of halogens is 3. The predicted octanol–water partition coefficient (Wildman–Crippen LogP) is 2.71. The number of fused-ring (bicyclic) bond motifs is 1. The molecule has 1 fully saturated rings. The molecule has 0 radical (unpaired) electrons. The highest BCUT2D eigenvalue weighted by atomic mass is 32.1. The predicted molar refractivity (Wildman–Crippen MR) is 117 cm³/mol. The van der Waals surface area contributed by atoms with Gasteiger partial charge in [-0.3, -0.25) is 14.2 Å². The van der Waals surface area contributed by atoms with Crippen LogP contribution in [0.5, 0.6) is 0 Å². The number of thiazole rings is 1. The van der Waals surface area contributed by atoms with E-state index in [2.05, 4.69) is 15.3 Å². The Morgan fingerprint density at radius 2 is 2.03 bits per heavy atom. The van der Waals surface area contributed by atoms with Crippen molar-refractivity contribution in [1.29, 1.82) is 0 Å². The van der Waals surface area contributed by atoms with Crippen LogP contribution in [0.25, 0.3) is 10.3 Å². The fourth-order valence-electron chi connectivity index (χ4n) is 3.86. The Balaban J connectivity index is 1.65. The van der Waals surface area contributed by atoms with E-state index >= 15 is 0 Å². The Kier molecular flexibility index (Phi) is 6.39. The topological polar surface area (TPSA) is 100 Å². The molecular formula is C21H22F3N5O3S. The van der Waals surface area contributed by atoms with Crippen molar-refractivity contribution in [3.63, 3.8) is 0 Å². The van der Waals surface area contributed by atoms with Crippen LogP contribution >= 0.6 is 11.3 Å². The Hall–Kier alpha value is -2.99. The molecular weight excluding hydrogens is 459 g/mol. The molecule has 0 aliphatic carbocycles. The van der Waals surface area contributed by atoms with Gasteiger partial charge in [0.25, 0.3) is 5.56 Å². The van der Waals surface area contributed by atoms with E-state index < -0.39 is 36.3 Å². The summed E-state index contributed by atoms with van der Waals surface area (Å²) in [4.78, 5) is 35.2. The Bertz CT molecular complexity index is 1210. The first-order chi connectivity index (χ1) is 15.7. The molecule has 1 saturated heterocycles. The number of anilines is 1. The first-order valence-corrected chi connectivity index (χ1v) is 11.2. The summed E-state index contributed by atoms with van der Waals surface area (Å²) in [6.45, 7) is 1.47. The second-order valence-electron chi connectivity index (χ2n) is 7.84. The number of alkyl halides is 3. The number of carbonyl (C=O) groups is 1. The maximum Gasteiger partial charge on any atom is 0.449 e. The normalized spacial score (nSPS) is 17.5. The van der Waals surface area contributed by atoms with Crippen molar-refractivity contribution in [2.75, 3.05) is 18.1 Å². The maximum atomic E-state index is 13.6. The summed E-state index contributed by atoms with van der Waals surface area (Å²) in [5, 5.41) is 12.5. The van der Waals surface area contributed by atoms with E-state index in [0.29, 0.717) is 30.5 Å². The van der Waals surface area contributed by atoms with Crippen molar-refractivity contribution in [2.24, 2.45) is 0 Å². The number of aliphatic hydroxyl groups is 1. The molecule has 2 atom stereocenters. The van der Waals surface area contributed by atoms with Crippen LogP contribution in [0.3, 0.4) is 0 Å². The average molecular weight is 482 g/mol. The molecule has 3 aromatic rings. The van der Waals surface area contributed by atoms with Crippen LogP contribution in [0, 0.1) is 0 Å². The summed E-state index contributed by atoms with van der Waals surface area (Å²) in [6.07, 6.45) is -3.62. The summed E-state index contributed by atoms with van der Waals surface area (Å²) < 4.78 is 41.1. The molecule has 2 N–H and O–H groups in total. The largest absolute Gasteiger partial charge is 0.449 e. The van der Waals surface area contributed by atoms with Gasteiger partial charge in [0.15, 0.2) is 15.5 Å². The molecule has 0 spiro atoms. The van der Waals surface area contributed by atoms with Gasteiger partial charge in [0.1, 0.15) is 6.04 Å². The molecule has 1 aliphatic rings. The molecule has 12 heteroatoms. The molecule has 1 unspecified atom stereocenters.